The van der Waals surface area contributed by atoms with E-state index in [-0.39, 0.29) is 5.91 Å². The van der Waals surface area contributed by atoms with Crippen LogP contribution in [0.3, 0.4) is 0 Å². The largest absolute Gasteiger partial charge is 0.493 e. The van der Waals surface area contributed by atoms with Crippen LogP contribution < -0.4 is 4.74 Å². The van der Waals surface area contributed by atoms with Crippen LogP contribution in [-0.2, 0) is 11.3 Å². The first-order chi connectivity index (χ1) is 12.8. The summed E-state index contributed by atoms with van der Waals surface area (Å²) in [6, 6.07) is 11.8. The molecule has 0 bridgehead atoms. The van der Waals surface area contributed by atoms with E-state index in [0.717, 1.165) is 44.0 Å². The van der Waals surface area contributed by atoms with E-state index in [0.29, 0.717) is 6.61 Å². The van der Waals surface area contributed by atoms with Crippen LogP contribution >= 0.6 is 0 Å². The Bertz CT molecular complexity index is 738. The Balaban J connectivity index is 1.52. The maximum Gasteiger partial charge on any atom is 0.246 e. The van der Waals surface area contributed by atoms with Crippen LogP contribution in [0, 0.1) is 0 Å². The third kappa shape index (κ3) is 4.92. The molecule has 1 aliphatic rings. The Morgan fingerprint density at radius 2 is 1.96 bits per heavy atom. The number of rotatable bonds is 6. The molecule has 0 unspecified atom stereocenters. The molecule has 0 aliphatic carbocycles. The SMILES string of the molecule is CCOc1ccccc1/C=C/C(=O)N1CCN(Cc2cccnc2)CC1. The maximum absolute atomic E-state index is 12.5. The Kier molecular flexibility index (Phi) is 6.39. The van der Waals surface area contributed by atoms with Crippen molar-refractivity contribution in [3.8, 4) is 5.75 Å². The summed E-state index contributed by atoms with van der Waals surface area (Å²) in [5.74, 6) is 0.859. The summed E-state index contributed by atoms with van der Waals surface area (Å²) in [6.45, 7) is 6.70. The lowest BCUT2D eigenvalue weighted by molar-refractivity contribution is -0.127. The molecule has 1 fully saturated rings. The lowest BCUT2D eigenvalue weighted by atomic mass is 10.2. The average molecular weight is 351 g/mol. The fraction of sp³-hybridized carbons (Fsp3) is 0.333. The fourth-order valence-corrected chi connectivity index (χ4v) is 3.05. The van der Waals surface area contributed by atoms with Crippen molar-refractivity contribution in [3.63, 3.8) is 0 Å². The summed E-state index contributed by atoms with van der Waals surface area (Å²) < 4.78 is 5.60. The number of aromatic nitrogens is 1. The average Bonchev–Trinajstić information content (AvgIpc) is 2.69. The van der Waals surface area contributed by atoms with Gasteiger partial charge in [-0.3, -0.25) is 14.7 Å². The van der Waals surface area contributed by atoms with Gasteiger partial charge in [0.1, 0.15) is 5.75 Å². The van der Waals surface area contributed by atoms with Crippen molar-refractivity contribution in [2.24, 2.45) is 0 Å². The number of benzene rings is 1. The van der Waals surface area contributed by atoms with Crippen LogP contribution in [0.25, 0.3) is 6.08 Å². The van der Waals surface area contributed by atoms with Crippen molar-refractivity contribution in [1.29, 1.82) is 0 Å². The van der Waals surface area contributed by atoms with E-state index in [2.05, 4.69) is 16.0 Å². The molecular weight excluding hydrogens is 326 g/mol. The predicted octanol–water partition coefficient (Wildman–Crippen LogP) is 2.84. The van der Waals surface area contributed by atoms with Crippen LogP contribution in [0.15, 0.2) is 54.9 Å². The molecule has 2 aromatic rings. The van der Waals surface area contributed by atoms with Gasteiger partial charge in [0, 0.05) is 56.8 Å². The first-order valence-corrected chi connectivity index (χ1v) is 9.06. The van der Waals surface area contributed by atoms with Gasteiger partial charge < -0.3 is 9.64 Å². The molecule has 1 amide bonds. The van der Waals surface area contributed by atoms with Crippen molar-refractivity contribution in [2.75, 3.05) is 32.8 Å². The minimum atomic E-state index is 0.0531. The third-order valence-corrected chi connectivity index (χ3v) is 4.44. The van der Waals surface area contributed by atoms with Crippen molar-refractivity contribution >= 4 is 12.0 Å². The van der Waals surface area contributed by atoms with Gasteiger partial charge in [-0.1, -0.05) is 24.3 Å². The third-order valence-electron chi connectivity index (χ3n) is 4.44. The van der Waals surface area contributed by atoms with Gasteiger partial charge in [-0.25, -0.2) is 0 Å². The first kappa shape index (κ1) is 18.1. The summed E-state index contributed by atoms with van der Waals surface area (Å²) in [5.41, 5.74) is 2.14. The van der Waals surface area contributed by atoms with Crippen molar-refractivity contribution in [2.45, 2.75) is 13.5 Å². The molecule has 136 valence electrons. The number of piperazine rings is 1. The van der Waals surface area contributed by atoms with Gasteiger partial charge in [-0.2, -0.15) is 0 Å². The number of carbonyl (C=O) groups excluding carboxylic acids is 1. The zero-order valence-electron chi connectivity index (χ0n) is 15.2. The number of nitrogens with zero attached hydrogens (tertiary/aromatic N) is 3. The maximum atomic E-state index is 12.5. The summed E-state index contributed by atoms with van der Waals surface area (Å²) in [5, 5.41) is 0. The molecule has 2 heterocycles. The van der Waals surface area contributed by atoms with Gasteiger partial charge in [0.25, 0.3) is 0 Å². The number of hydrogen-bond acceptors (Lipinski definition) is 4. The van der Waals surface area contributed by atoms with Crippen molar-refractivity contribution in [1.82, 2.24) is 14.8 Å². The lowest BCUT2D eigenvalue weighted by Crippen LogP contribution is -2.47. The highest BCUT2D eigenvalue weighted by atomic mass is 16.5. The molecule has 1 aliphatic heterocycles. The molecule has 26 heavy (non-hydrogen) atoms. The van der Waals surface area contributed by atoms with Crippen LogP contribution in [0.5, 0.6) is 5.75 Å². The zero-order valence-corrected chi connectivity index (χ0v) is 15.2. The Morgan fingerprint density at radius 3 is 2.69 bits per heavy atom. The predicted molar refractivity (Wildman–Crippen MR) is 103 cm³/mol. The highest BCUT2D eigenvalue weighted by molar-refractivity contribution is 5.92. The van der Waals surface area contributed by atoms with Gasteiger partial charge in [0.05, 0.1) is 6.61 Å². The smallest absolute Gasteiger partial charge is 0.246 e. The standard InChI is InChI=1S/C21H25N3O2/c1-2-26-20-8-4-3-7-19(20)9-10-21(25)24-14-12-23(13-15-24)17-18-6-5-11-22-16-18/h3-11,16H,2,12-15,17H2,1H3/b10-9+. The number of ether oxygens (including phenoxy) is 1. The molecule has 5 nitrogen and oxygen atoms in total. The molecular formula is C21H25N3O2. The highest BCUT2D eigenvalue weighted by Gasteiger charge is 2.19. The topological polar surface area (TPSA) is 45.7 Å². The van der Waals surface area contributed by atoms with Crippen LogP contribution in [0.4, 0.5) is 0 Å². The molecule has 0 N–H and O–H groups in total. The van der Waals surface area contributed by atoms with E-state index in [4.69, 9.17) is 4.74 Å². The van der Waals surface area contributed by atoms with Crippen molar-refractivity contribution < 1.29 is 9.53 Å². The van der Waals surface area contributed by atoms with Gasteiger partial charge in [0.15, 0.2) is 0 Å². The van der Waals surface area contributed by atoms with E-state index in [1.165, 1.54) is 5.56 Å². The Labute approximate surface area is 154 Å². The first-order valence-electron chi connectivity index (χ1n) is 9.06. The monoisotopic (exact) mass is 351 g/mol. The summed E-state index contributed by atoms with van der Waals surface area (Å²) >= 11 is 0. The van der Waals surface area contributed by atoms with Gasteiger partial charge in [0.2, 0.25) is 5.91 Å². The quantitative estimate of drug-likeness (QED) is 0.751. The second kappa shape index (κ2) is 9.15. The normalized spacial score (nSPS) is 15.3. The second-order valence-electron chi connectivity index (χ2n) is 6.27. The minimum absolute atomic E-state index is 0.0531. The zero-order chi connectivity index (χ0) is 18.2. The number of carbonyl (C=O) groups is 1. The van der Waals surface area contributed by atoms with Crippen LogP contribution in [0.1, 0.15) is 18.1 Å². The summed E-state index contributed by atoms with van der Waals surface area (Å²) in [4.78, 5) is 20.9. The van der Waals surface area contributed by atoms with E-state index in [1.807, 2.05) is 54.4 Å². The van der Waals surface area contributed by atoms with Crippen LogP contribution in [0.2, 0.25) is 0 Å². The van der Waals surface area contributed by atoms with E-state index in [1.54, 1.807) is 12.3 Å². The molecule has 0 radical (unpaired) electrons. The second-order valence-corrected chi connectivity index (χ2v) is 6.27. The minimum Gasteiger partial charge on any atom is -0.493 e. The van der Waals surface area contributed by atoms with Gasteiger partial charge in [-0.15, -0.1) is 0 Å². The lowest BCUT2D eigenvalue weighted by Gasteiger charge is -2.34. The fourth-order valence-electron chi connectivity index (χ4n) is 3.05. The molecule has 1 aromatic carbocycles. The number of amides is 1. The highest BCUT2D eigenvalue weighted by Crippen LogP contribution is 2.19. The molecule has 5 heteroatoms. The number of hydrogen-bond donors (Lipinski definition) is 0. The van der Waals surface area contributed by atoms with Crippen molar-refractivity contribution in [3.05, 3.63) is 66.0 Å². The Hall–Kier alpha value is -2.66. The molecule has 0 atom stereocenters. The molecule has 3 rings (SSSR count). The van der Waals surface area contributed by atoms with E-state index in [9.17, 15) is 4.79 Å². The summed E-state index contributed by atoms with van der Waals surface area (Å²) in [7, 11) is 0. The molecule has 1 saturated heterocycles. The van der Waals surface area contributed by atoms with Gasteiger partial charge >= 0.3 is 0 Å². The van der Waals surface area contributed by atoms with Gasteiger partial charge in [-0.05, 0) is 30.7 Å². The van der Waals surface area contributed by atoms with E-state index >= 15 is 0 Å². The molecule has 0 spiro atoms. The summed E-state index contributed by atoms with van der Waals surface area (Å²) in [6.07, 6.45) is 7.18. The number of pyridine rings is 1. The number of para-hydroxylation sites is 1. The Morgan fingerprint density at radius 1 is 1.15 bits per heavy atom. The molecule has 0 saturated carbocycles. The molecule has 1 aromatic heterocycles. The van der Waals surface area contributed by atoms with Crippen LogP contribution in [-0.4, -0.2) is 53.5 Å². The van der Waals surface area contributed by atoms with E-state index < -0.39 is 0 Å².